The molecule has 1 heterocycles. The van der Waals surface area contributed by atoms with Gasteiger partial charge in [0.15, 0.2) is 0 Å². The molecule has 2 amide bonds. The summed E-state index contributed by atoms with van der Waals surface area (Å²) in [6.07, 6.45) is 0. The molecule has 0 aliphatic carbocycles. The van der Waals surface area contributed by atoms with Crippen molar-refractivity contribution in [1.82, 2.24) is 5.32 Å². The van der Waals surface area contributed by atoms with Crippen molar-refractivity contribution < 1.29 is 14.0 Å². The van der Waals surface area contributed by atoms with E-state index >= 15 is 4.39 Å². The Bertz CT molecular complexity index is 1500. The molecule has 9 heteroatoms. The van der Waals surface area contributed by atoms with E-state index in [9.17, 15) is 14.9 Å². The number of allylic oxidation sites excluding steroid dienone is 2. The number of para-hydroxylation sites is 1. The molecule has 0 fully saturated rings. The van der Waals surface area contributed by atoms with Gasteiger partial charge in [0.25, 0.3) is 5.91 Å². The smallest absolute Gasteiger partial charge is 0.254 e. The van der Waals surface area contributed by atoms with Gasteiger partial charge in [-0.15, -0.1) is 0 Å². The van der Waals surface area contributed by atoms with E-state index < -0.39 is 17.6 Å². The fourth-order valence-electron chi connectivity index (χ4n) is 4.07. The van der Waals surface area contributed by atoms with E-state index in [2.05, 4.69) is 22.0 Å². The number of benzene rings is 3. The summed E-state index contributed by atoms with van der Waals surface area (Å²) in [4.78, 5) is 26.1. The third-order valence-corrected chi connectivity index (χ3v) is 7.37. The second-order valence-electron chi connectivity index (χ2n) is 8.59. The van der Waals surface area contributed by atoms with E-state index in [-0.39, 0.29) is 28.4 Å². The summed E-state index contributed by atoms with van der Waals surface area (Å²) in [6, 6.07) is 22.3. The van der Waals surface area contributed by atoms with Crippen LogP contribution in [0.2, 0.25) is 5.02 Å². The van der Waals surface area contributed by atoms with Crippen LogP contribution >= 0.6 is 23.4 Å². The molecule has 0 bridgehead atoms. The largest absolute Gasteiger partial charge is 0.353 e. The first-order valence-corrected chi connectivity index (χ1v) is 13.1. The molecule has 0 saturated heterocycles. The van der Waals surface area contributed by atoms with E-state index in [1.807, 2.05) is 13.0 Å². The lowest BCUT2D eigenvalue weighted by atomic mass is 9.82. The standard InChI is InChI=1S/C29H24ClFN4O2S/c1-17-12-13-20(14-23(17)30)34-25(36)16-38-29-22(15-32)27(21-10-6-7-11-24(21)31)26(18(2)33-29)28(37)35-19-8-4-3-5-9-19/h3-14,27,33H,16H2,1-2H3,(H,34,36)(H,35,37)/t27-/m1/s1. The average Bonchev–Trinajstić information content (AvgIpc) is 2.90. The van der Waals surface area contributed by atoms with Gasteiger partial charge >= 0.3 is 0 Å². The number of carbonyl (C=O) groups is 2. The lowest BCUT2D eigenvalue weighted by Gasteiger charge is -2.30. The Labute approximate surface area is 229 Å². The highest BCUT2D eigenvalue weighted by Gasteiger charge is 2.36. The van der Waals surface area contributed by atoms with E-state index in [4.69, 9.17) is 11.6 Å². The Balaban J connectivity index is 1.63. The minimum Gasteiger partial charge on any atom is -0.353 e. The van der Waals surface area contributed by atoms with Crippen LogP contribution in [0.15, 0.2) is 94.7 Å². The van der Waals surface area contributed by atoms with Crippen molar-refractivity contribution in [3.63, 3.8) is 0 Å². The summed E-state index contributed by atoms with van der Waals surface area (Å²) < 4.78 is 15.0. The minimum absolute atomic E-state index is 0.0260. The number of dihydropyridines is 1. The minimum atomic E-state index is -0.965. The van der Waals surface area contributed by atoms with Crippen LogP contribution in [0.25, 0.3) is 0 Å². The number of nitrogens with zero attached hydrogens (tertiary/aromatic N) is 1. The number of hydrogen-bond donors (Lipinski definition) is 3. The number of nitrogens with one attached hydrogen (secondary N) is 3. The summed E-state index contributed by atoms with van der Waals surface area (Å²) in [5.74, 6) is -2.30. The molecule has 192 valence electrons. The molecule has 0 saturated carbocycles. The highest BCUT2D eigenvalue weighted by molar-refractivity contribution is 8.03. The predicted octanol–water partition coefficient (Wildman–Crippen LogP) is 6.49. The molecule has 0 spiro atoms. The van der Waals surface area contributed by atoms with Gasteiger partial charge in [0, 0.05) is 33.2 Å². The number of anilines is 2. The number of halogens is 2. The first-order chi connectivity index (χ1) is 18.3. The van der Waals surface area contributed by atoms with E-state index in [1.165, 1.54) is 6.07 Å². The van der Waals surface area contributed by atoms with E-state index in [0.717, 1.165) is 17.3 Å². The normalized spacial score (nSPS) is 15.0. The summed E-state index contributed by atoms with van der Waals surface area (Å²) in [6.45, 7) is 3.56. The molecule has 6 nitrogen and oxygen atoms in total. The van der Waals surface area contributed by atoms with Gasteiger partial charge in [0.05, 0.1) is 28.3 Å². The molecule has 0 unspecified atom stereocenters. The Morgan fingerprint density at radius 2 is 1.74 bits per heavy atom. The van der Waals surface area contributed by atoms with Gasteiger partial charge in [-0.05, 0) is 49.7 Å². The molecule has 3 aromatic carbocycles. The molecule has 0 aromatic heterocycles. The van der Waals surface area contributed by atoms with E-state index in [0.29, 0.717) is 27.1 Å². The van der Waals surface area contributed by atoms with Crippen LogP contribution in [-0.4, -0.2) is 17.6 Å². The lowest BCUT2D eigenvalue weighted by Crippen LogP contribution is -2.31. The number of rotatable bonds is 7. The second kappa shape index (κ2) is 12.0. The molecule has 3 N–H and O–H groups in total. The third-order valence-electron chi connectivity index (χ3n) is 5.94. The fourth-order valence-corrected chi connectivity index (χ4v) is 5.15. The topological polar surface area (TPSA) is 94.0 Å². The highest BCUT2D eigenvalue weighted by atomic mass is 35.5. The van der Waals surface area contributed by atoms with Crippen molar-refractivity contribution in [3.8, 4) is 6.07 Å². The maximum atomic E-state index is 15.0. The highest BCUT2D eigenvalue weighted by Crippen LogP contribution is 2.41. The maximum absolute atomic E-state index is 15.0. The molecular weight excluding hydrogens is 523 g/mol. The lowest BCUT2D eigenvalue weighted by molar-refractivity contribution is -0.114. The average molecular weight is 547 g/mol. The predicted molar refractivity (Wildman–Crippen MR) is 150 cm³/mol. The van der Waals surface area contributed by atoms with Crippen LogP contribution in [0.3, 0.4) is 0 Å². The zero-order chi connectivity index (χ0) is 27.2. The van der Waals surface area contributed by atoms with Gasteiger partial charge in [-0.3, -0.25) is 9.59 Å². The SMILES string of the molecule is CC1=C(C(=O)Nc2ccccc2)[C@H](c2ccccc2F)C(C#N)=C(SCC(=O)Nc2ccc(C)c(Cl)c2)N1. The van der Waals surface area contributed by atoms with Crippen molar-refractivity contribution in [2.24, 2.45) is 0 Å². The zero-order valence-corrected chi connectivity index (χ0v) is 22.2. The third kappa shape index (κ3) is 6.08. The van der Waals surface area contributed by atoms with Crippen molar-refractivity contribution in [3.05, 3.63) is 117 Å². The first kappa shape index (κ1) is 27.0. The van der Waals surface area contributed by atoms with Crippen molar-refractivity contribution in [2.45, 2.75) is 19.8 Å². The molecule has 1 aliphatic heterocycles. The van der Waals surface area contributed by atoms with Crippen molar-refractivity contribution in [2.75, 3.05) is 16.4 Å². The Kier molecular flexibility index (Phi) is 8.52. The second-order valence-corrected chi connectivity index (χ2v) is 9.99. The number of carbonyl (C=O) groups excluding carboxylic acids is 2. The molecule has 1 atom stereocenters. The molecule has 38 heavy (non-hydrogen) atoms. The summed E-state index contributed by atoms with van der Waals surface area (Å²) in [5.41, 5.74) is 3.04. The van der Waals surface area contributed by atoms with Crippen LogP contribution in [0.1, 0.15) is 24.0 Å². The van der Waals surface area contributed by atoms with Crippen LogP contribution in [0.4, 0.5) is 15.8 Å². The maximum Gasteiger partial charge on any atom is 0.254 e. The molecule has 0 radical (unpaired) electrons. The molecule has 1 aliphatic rings. The summed E-state index contributed by atoms with van der Waals surface area (Å²) in [7, 11) is 0. The number of amides is 2. The van der Waals surface area contributed by atoms with Crippen molar-refractivity contribution in [1.29, 1.82) is 5.26 Å². The van der Waals surface area contributed by atoms with Gasteiger partial charge in [0.2, 0.25) is 5.91 Å². The molecule has 4 rings (SSSR count). The van der Waals surface area contributed by atoms with Crippen LogP contribution < -0.4 is 16.0 Å². The van der Waals surface area contributed by atoms with Gasteiger partial charge in [0.1, 0.15) is 5.82 Å². The van der Waals surface area contributed by atoms with Gasteiger partial charge in [-0.2, -0.15) is 5.26 Å². The van der Waals surface area contributed by atoms with E-state index in [1.54, 1.807) is 67.6 Å². The Morgan fingerprint density at radius 1 is 1.03 bits per heavy atom. The van der Waals surface area contributed by atoms with Gasteiger partial charge in [-0.1, -0.05) is 65.8 Å². The number of nitriles is 1. The Hall–Kier alpha value is -4.06. The molecular formula is C29H24ClFN4O2S. The van der Waals surface area contributed by atoms with Crippen molar-refractivity contribution >= 4 is 46.6 Å². The van der Waals surface area contributed by atoms with Crippen LogP contribution in [0.5, 0.6) is 0 Å². The fraction of sp³-hybridized carbons (Fsp3) is 0.138. The summed E-state index contributed by atoms with van der Waals surface area (Å²) in [5, 5.41) is 19.8. The van der Waals surface area contributed by atoms with Gasteiger partial charge < -0.3 is 16.0 Å². The first-order valence-electron chi connectivity index (χ1n) is 11.7. The van der Waals surface area contributed by atoms with Crippen LogP contribution in [0, 0.1) is 24.1 Å². The zero-order valence-electron chi connectivity index (χ0n) is 20.6. The Morgan fingerprint density at radius 3 is 2.42 bits per heavy atom. The number of aryl methyl sites for hydroxylation is 1. The van der Waals surface area contributed by atoms with Crippen LogP contribution in [-0.2, 0) is 9.59 Å². The number of thioether (sulfide) groups is 1. The number of hydrogen-bond acceptors (Lipinski definition) is 5. The van der Waals surface area contributed by atoms with Gasteiger partial charge in [-0.25, -0.2) is 4.39 Å². The quantitative estimate of drug-likeness (QED) is 0.315. The monoisotopic (exact) mass is 546 g/mol. The molecule has 3 aromatic rings. The summed E-state index contributed by atoms with van der Waals surface area (Å²) >= 11 is 7.25.